The highest BCUT2D eigenvalue weighted by Crippen LogP contribution is 2.25. The Balaban J connectivity index is 2.06. The molecule has 0 saturated carbocycles. The lowest BCUT2D eigenvalue weighted by Crippen LogP contribution is -2.40. The second-order valence-electron chi connectivity index (χ2n) is 6.72. The summed E-state index contributed by atoms with van der Waals surface area (Å²) >= 11 is 0. The lowest BCUT2D eigenvalue weighted by Gasteiger charge is -2.28. The summed E-state index contributed by atoms with van der Waals surface area (Å²) in [4.78, 5) is 25.9. The first kappa shape index (κ1) is 17.4. The molecule has 1 aliphatic heterocycles. The zero-order valence-electron chi connectivity index (χ0n) is 13.6. The maximum atomic E-state index is 13.7. The molecule has 1 amide bonds. The van der Waals surface area contributed by atoms with E-state index in [2.05, 4.69) is 0 Å². The van der Waals surface area contributed by atoms with E-state index >= 15 is 0 Å². The first-order valence-corrected chi connectivity index (χ1v) is 7.65. The van der Waals surface area contributed by atoms with Gasteiger partial charge in [-0.2, -0.15) is 0 Å². The molecule has 23 heavy (non-hydrogen) atoms. The predicted molar refractivity (Wildman–Crippen MR) is 81.3 cm³/mol. The van der Waals surface area contributed by atoms with Crippen molar-refractivity contribution in [1.29, 1.82) is 0 Å². The smallest absolute Gasteiger partial charge is 0.410 e. The molecule has 1 aromatic rings. The number of ketones is 1. The van der Waals surface area contributed by atoms with Gasteiger partial charge in [0.1, 0.15) is 17.2 Å². The number of ether oxygens (including phenoxy) is 1. The van der Waals surface area contributed by atoms with Crippen molar-refractivity contribution in [2.24, 2.45) is 0 Å². The molecule has 6 heteroatoms. The summed E-state index contributed by atoms with van der Waals surface area (Å²) in [5.74, 6) is -2.05. The zero-order chi connectivity index (χ0) is 17.2. The van der Waals surface area contributed by atoms with E-state index in [9.17, 15) is 18.4 Å². The summed E-state index contributed by atoms with van der Waals surface area (Å²) in [5.41, 5.74) is -0.764. The minimum Gasteiger partial charge on any atom is -0.444 e. The second-order valence-corrected chi connectivity index (χ2v) is 6.72. The van der Waals surface area contributed by atoms with Crippen LogP contribution in [0.5, 0.6) is 0 Å². The Morgan fingerprint density at radius 3 is 2.61 bits per heavy atom. The highest BCUT2D eigenvalue weighted by atomic mass is 19.1. The van der Waals surface area contributed by atoms with Gasteiger partial charge in [0.2, 0.25) is 0 Å². The Kier molecular flexibility index (Phi) is 5.02. The fraction of sp³-hybridized carbons (Fsp3) is 0.529. The van der Waals surface area contributed by atoms with E-state index in [0.29, 0.717) is 19.0 Å². The molecule has 126 valence electrons. The molecular weight excluding hydrogens is 304 g/mol. The number of halogens is 2. The van der Waals surface area contributed by atoms with Gasteiger partial charge >= 0.3 is 6.09 Å². The lowest BCUT2D eigenvalue weighted by atomic mass is 10.0. The normalized spacial score (nSPS) is 18.1. The van der Waals surface area contributed by atoms with Crippen LogP contribution in [0.4, 0.5) is 13.6 Å². The van der Waals surface area contributed by atoms with E-state index in [-0.39, 0.29) is 18.0 Å². The molecule has 2 rings (SSSR count). The van der Waals surface area contributed by atoms with Gasteiger partial charge in [0.25, 0.3) is 0 Å². The van der Waals surface area contributed by atoms with Gasteiger partial charge in [0, 0.05) is 25.1 Å². The zero-order valence-corrected chi connectivity index (χ0v) is 13.6. The highest BCUT2D eigenvalue weighted by Gasteiger charge is 2.33. The number of amides is 1. The Hall–Kier alpha value is -1.98. The summed E-state index contributed by atoms with van der Waals surface area (Å²) < 4.78 is 31.9. The van der Waals surface area contributed by atoms with Gasteiger partial charge in [-0.15, -0.1) is 0 Å². The minimum atomic E-state index is -0.878. The summed E-state index contributed by atoms with van der Waals surface area (Å²) in [7, 11) is 0. The molecule has 0 N–H and O–H groups in total. The van der Waals surface area contributed by atoms with Gasteiger partial charge in [-0.25, -0.2) is 13.6 Å². The van der Waals surface area contributed by atoms with Crippen LogP contribution in [-0.2, 0) is 4.74 Å². The molecule has 1 fully saturated rings. The van der Waals surface area contributed by atoms with Crippen molar-refractivity contribution >= 4 is 11.9 Å². The van der Waals surface area contributed by atoms with Crippen molar-refractivity contribution in [3.05, 3.63) is 35.4 Å². The van der Waals surface area contributed by atoms with Crippen LogP contribution in [0.2, 0.25) is 0 Å². The predicted octanol–water partition coefficient (Wildman–Crippen LogP) is 3.94. The van der Waals surface area contributed by atoms with Crippen LogP contribution in [0.25, 0.3) is 0 Å². The summed E-state index contributed by atoms with van der Waals surface area (Å²) in [6, 6.07) is 2.56. The van der Waals surface area contributed by atoms with Crippen LogP contribution in [0.1, 0.15) is 50.4 Å². The molecule has 1 saturated heterocycles. The van der Waals surface area contributed by atoms with Crippen LogP contribution in [0.15, 0.2) is 18.2 Å². The van der Waals surface area contributed by atoms with Crippen molar-refractivity contribution in [2.75, 3.05) is 6.54 Å². The highest BCUT2D eigenvalue weighted by molar-refractivity contribution is 5.96. The molecule has 0 aromatic heterocycles. The molecule has 0 spiro atoms. The van der Waals surface area contributed by atoms with Gasteiger partial charge in [0.05, 0.1) is 5.56 Å². The Labute approximate surface area is 134 Å². The van der Waals surface area contributed by atoms with Crippen LogP contribution >= 0.6 is 0 Å². The van der Waals surface area contributed by atoms with Crippen molar-refractivity contribution in [1.82, 2.24) is 4.90 Å². The molecule has 1 heterocycles. The number of carbonyl (C=O) groups is 2. The van der Waals surface area contributed by atoms with E-state index in [1.807, 2.05) is 0 Å². The number of hydrogen-bond donors (Lipinski definition) is 0. The Morgan fingerprint density at radius 2 is 2.00 bits per heavy atom. The maximum absolute atomic E-state index is 13.7. The van der Waals surface area contributed by atoms with Crippen molar-refractivity contribution < 1.29 is 23.1 Å². The van der Waals surface area contributed by atoms with Crippen LogP contribution in [-0.4, -0.2) is 35.0 Å². The molecule has 0 radical (unpaired) electrons. The largest absolute Gasteiger partial charge is 0.444 e. The number of nitrogens with zero attached hydrogens (tertiary/aromatic N) is 1. The Bertz CT molecular complexity index is 610. The maximum Gasteiger partial charge on any atom is 0.410 e. The number of carbonyl (C=O) groups excluding carboxylic acids is 2. The lowest BCUT2D eigenvalue weighted by molar-refractivity contribution is 0.0223. The molecule has 0 bridgehead atoms. The number of Topliss-reactive ketones (excluding diaryl/α,β-unsaturated/α-hetero) is 1. The summed E-state index contributed by atoms with van der Waals surface area (Å²) in [5, 5.41) is 0. The fourth-order valence-electron chi connectivity index (χ4n) is 2.65. The quantitative estimate of drug-likeness (QED) is 0.791. The van der Waals surface area contributed by atoms with Crippen LogP contribution < -0.4 is 0 Å². The number of benzene rings is 1. The van der Waals surface area contributed by atoms with E-state index in [1.165, 1.54) is 4.90 Å². The minimum absolute atomic E-state index is 0.00178. The first-order valence-electron chi connectivity index (χ1n) is 7.65. The van der Waals surface area contributed by atoms with E-state index in [0.717, 1.165) is 18.6 Å². The second kappa shape index (κ2) is 6.64. The van der Waals surface area contributed by atoms with Gasteiger partial charge in [-0.3, -0.25) is 4.79 Å². The third-order valence-corrected chi connectivity index (χ3v) is 3.66. The molecule has 1 aliphatic rings. The fourth-order valence-corrected chi connectivity index (χ4v) is 2.65. The Morgan fingerprint density at radius 1 is 1.30 bits per heavy atom. The van der Waals surface area contributed by atoms with Gasteiger partial charge < -0.3 is 9.64 Å². The average molecular weight is 325 g/mol. The van der Waals surface area contributed by atoms with Crippen LogP contribution in [0.3, 0.4) is 0 Å². The third kappa shape index (κ3) is 4.50. The van der Waals surface area contributed by atoms with Gasteiger partial charge in [-0.1, -0.05) is 0 Å². The number of likely N-dealkylation sites (tertiary alicyclic amines) is 1. The van der Waals surface area contributed by atoms with E-state index in [1.54, 1.807) is 20.8 Å². The van der Waals surface area contributed by atoms with Gasteiger partial charge in [0.15, 0.2) is 5.78 Å². The molecule has 1 aromatic carbocycles. The van der Waals surface area contributed by atoms with Crippen molar-refractivity contribution in [2.45, 2.75) is 51.7 Å². The van der Waals surface area contributed by atoms with Crippen molar-refractivity contribution in [3.8, 4) is 0 Å². The van der Waals surface area contributed by atoms with E-state index in [4.69, 9.17) is 4.74 Å². The monoisotopic (exact) mass is 325 g/mol. The molecule has 1 atom stereocenters. The summed E-state index contributed by atoms with van der Waals surface area (Å²) in [6.07, 6.45) is 0.964. The topological polar surface area (TPSA) is 46.6 Å². The van der Waals surface area contributed by atoms with Crippen molar-refractivity contribution in [3.63, 3.8) is 0 Å². The van der Waals surface area contributed by atoms with Gasteiger partial charge in [-0.05, 0) is 45.7 Å². The average Bonchev–Trinajstić information content (AvgIpc) is 2.84. The number of rotatable bonds is 3. The van der Waals surface area contributed by atoms with E-state index < -0.39 is 29.1 Å². The molecule has 4 nitrogen and oxygen atoms in total. The van der Waals surface area contributed by atoms with Crippen LogP contribution in [0, 0.1) is 11.6 Å². The third-order valence-electron chi connectivity index (χ3n) is 3.66. The molecule has 1 unspecified atom stereocenters. The first-order chi connectivity index (χ1) is 10.7. The molecule has 0 aliphatic carbocycles. The SMILES string of the molecule is CC(C)(C)OC(=O)N1CCCC1CC(=O)c1ccc(F)cc1F. The number of hydrogen-bond acceptors (Lipinski definition) is 3. The molecular formula is C17H21F2NO3. The standard InChI is InChI=1S/C17H21F2NO3/c1-17(2,3)23-16(22)20-8-4-5-12(20)10-15(21)13-7-6-11(18)9-14(13)19/h6-7,9,12H,4-5,8,10H2,1-3H3. The summed E-state index contributed by atoms with van der Waals surface area (Å²) in [6.45, 7) is 5.83.